The number of anilines is 1. The fourth-order valence-corrected chi connectivity index (χ4v) is 8.11. The van der Waals surface area contributed by atoms with E-state index in [-0.39, 0.29) is 17.2 Å². The lowest BCUT2D eigenvalue weighted by molar-refractivity contribution is -0.147. The highest BCUT2D eigenvalue weighted by Gasteiger charge is 2.60. The van der Waals surface area contributed by atoms with E-state index in [1.54, 1.807) is 18.5 Å². The smallest absolute Gasteiger partial charge is 0.239 e. The molecule has 2 saturated carbocycles. The molecule has 5 heteroatoms. The van der Waals surface area contributed by atoms with Crippen molar-refractivity contribution >= 4 is 17.5 Å². The topological polar surface area (TPSA) is 62.3 Å². The van der Waals surface area contributed by atoms with Crippen LogP contribution >= 0.6 is 0 Å². The van der Waals surface area contributed by atoms with Crippen LogP contribution in [0.4, 0.5) is 5.69 Å². The lowest BCUT2D eigenvalue weighted by Gasteiger charge is -2.59. The summed E-state index contributed by atoms with van der Waals surface area (Å²) in [5, 5.41) is 2.94. The van der Waals surface area contributed by atoms with Crippen LogP contribution < -0.4 is 5.32 Å². The normalized spacial score (nSPS) is 39.6. The zero-order valence-corrected chi connectivity index (χ0v) is 19.3. The second-order valence-corrected chi connectivity index (χ2v) is 11.1. The van der Waals surface area contributed by atoms with E-state index in [4.69, 9.17) is 0 Å². The van der Waals surface area contributed by atoms with Crippen LogP contribution in [0.5, 0.6) is 0 Å². The molecule has 0 spiro atoms. The van der Waals surface area contributed by atoms with Crippen LogP contribution in [0.2, 0.25) is 0 Å². The van der Waals surface area contributed by atoms with Crippen molar-refractivity contribution in [1.29, 1.82) is 0 Å². The molecule has 1 saturated heterocycles. The van der Waals surface area contributed by atoms with E-state index in [9.17, 15) is 9.59 Å². The van der Waals surface area contributed by atoms with E-state index in [2.05, 4.69) is 31.1 Å². The minimum Gasteiger partial charge on any atom is -0.324 e. The molecular weight excluding hydrogens is 386 g/mol. The molecule has 2 heterocycles. The molecule has 1 aromatic rings. The minimum atomic E-state index is -0.651. The number of hydrogen-bond acceptors (Lipinski definition) is 3. The summed E-state index contributed by atoms with van der Waals surface area (Å²) in [7, 11) is 1.88. The monoisotopic (exact) mass is 421 g/mol. The number of amides is 2. The van der Waals surface area contributed by atoms with Gasteiger partial charge in [0, 0.05) is 24.4 Å². The van der Waals surface area contributed by atoms with Gasteiger partial charge in [-0.1, -0.05) is 25.8 Å². The molecule has 6 atom stereocenters. The lowest BCUT2D eigenvalue weighted by atomic mass is 9.48. The first kappa shape index (κ1) is 20.7. The molecule has 4 aliphatic rings. The Kier molecular flexibility index (Phi) is 4.80. The van der Waals surface area contributed by atoms with Crippen LogP contribution in [0.3, 0.4) is 0 Å². The number of piperidine rings is 1. The van der Waals surface area contributed by atoms with Gasteiger partial charge in [-0.2, -0.15) is 0 Å². The van der Waals surface area contributed by atoms with Gasteiger partial charge in [-0.25, -0.2) is 0 Å². The van der Waals surface area contributed by atoms with Gasteiger partial charge in [0.1, 0.15) is 5.92 Å². The number of carbonyl (C=O) groups is 2. The zero-order chi connectivity index (χ0) is 22.0. The van der Waals surface area contributed by atoms with E-state index in [0.29, 0.717) is 29.4 Å². The first-order valence-corrected chi connectivity index (χ1v) is 11.9. The molecule has 2 amide bonds. The van der Waals surface area contributed by atoms with Crippen molar-refractivity contribution in [3.63, 3.8) is 0 Å². The summed E-state index contributed by atoms with van der Waals surface area (Å²) in [6.07, 6.45) is 11.6. The largest absolute Gasteiger partial charge is 0.324 e. The summed E-state index contributed by atoms with van der Waals surface area (Å²) in [5.41, 5.74) is 3.57. The summed E-state index contributed by atoms with van der Waals surface area (Å²) in [6.45, 7) is 7.08. The molecule has 0 aromatic carbocycles. The third kappa shape index (κ3) is 3.07. The predicted molar refractivity (Wildman–Crippen MR) is 121 cm³/mol. The van der Waals surface area contributed by atoms with Gasteiger partial charge < -0.3 is 10.2 Å². The molecule has 0 radical (unpaired) electrons. The van der Waals surface area contributed by atoms with Gasteiger partial charge in [-0.05, 0) is 80.8 Å². The van der Waals surface area contributed by atoms with E-state index in [0.717, 1.165) is 12.3 Å². The van der Waals surface area contributed by atoms with Crippen molar-refractivity contribution in [2.75, 3.05) is 12.4 Å². The van der Waals surface area contributed by atoms with Crippen LogP contribution in [0.25, 0.3) is 0 Å². The fourth-order valence-electron chi connectivity index (χ4n) is 8.11. The summed E-state index contributed by atoms with van der Waals surface area (Å²) < 4.78 is 0. The number of carbonyl (C=O) groups excluding carboxylic acids is 2. The Bertz CT molecular complexity index is 941. The Morgan fingerprint density at radius 2 is 2.03 bits per heavy atom. The molecule has 1 aromatic heterocycles. The molecule has 1 unspecified atom stereocenters. The lowest BCUT2D eigenvalue weighted by Crippen LogP contribution is -2.57. The molecule has 5 rings (SSSR count). The second-order valence-electron chi connectivity index (χ2n) is 11.1. The maximum absolute atomic E-state index is 13.3. The Morgan fingerprint density at radius 1 is 1.23 bits per heavy atom. The molecule has 5 nitrogen and oxygen atoms in total. The molecule has 0 bridgehead atoms. The number of allylic oxidation sites excluding steroid dienone is 2. The Labute approximate surface area is 185 Å². The van der Waals surface area contributed by atoms with Gasteiger partial charge in [0.25, 0.3) is 0 Å². The van der Waals surface area contributed by atoms with Crippen LogP contribution in [-0.2, 0) is 9.59 Å². The van der Waals surface area contributed by atoms with E-state index in [1.807, 2.05) is 18.0 Å². The van der Waals surface area contributed by atoms with Crippen LogP contribution in [0.15, 0.2) is 35.8 Å². The van der Waals surface area contributed by atoms with E-state index >= 15 is 0 Å². The third-order valence-electron chi connectivity index (χ3n) is 9.36. The maximum atomic E-state index is 13.3. The van der Waals surface area contributed by atoms with E-state index in [1.165, 1.54) is 43.4 Å². The zero-order valence-electron chi connectivity index (χ0n) is 19.3. The highest BCUT2D eigenvalue weighted by molar-refractivity contribution is 6.07. The quantitative estimate of drug-likeness (QED) is 0.683. The number of rotatable bonds is 2. The average molecular weight is 422 g/mol. The first-order chi connectivity index (χ1) is 14.7. The van der Waals surface area contributed by atoms with Crippen LogP contribution in [0.1, 0.15) is 65.7 Å². The van der Waals surface area contributed by atoms with Crippen molar-refractivity contribution in [3.8, 4) is 0 Å². The minimum absolute atomic E-state index is 0.0758. The molecule has 1 N–H and O–H groups in total. The van der Waals surface area contributed by atoms with Crippen molar-refractivity contribution in [2.24, 2.45) is 34.5 Å². The van der Waals surface area contributed by atoms with Gasteiger partial charge >= 0.3 is 0 Å². The van der Waals surface area contributed by atoms with Crippen molar-refractivity contribution < 1.29 is 9.59 Å². The highest BCUT2D eigenvalue weighted by Crippen LogP contribution is 2.65. The summed E-state index contributed by atoms with van der Waals surface area (Å²) in [4.78, 5) is 32.4. The third-order valence-corrected chi connectivity index (χ3v) is 9.36. The van der Waals surface area contributed by atoms with Gasteiger partial charge in [-0.15, -0.1) is 0 Å². The first-order valence-electron chi connectivity index (χ1n) is 11.9. The summed E-state index contributed by atoms with van der Waals surface area (Å²) in [6, 6.07) is 3.61. The Balaban J connectivity index is 1.48. The van der Waals surface area contributed by atoms with E-state index < -0.39 is 5.92 Å². The van der Waals surface area contributed by atoms with Crippen LogP contribution in [-0.4, -0.2) is 28.7 Å². The SMILES string of the molecule is CC1=C2N(C)C(=O)C(C(=O)Nc3cccnc3)C[C@]2(C)[C@@H]2CC[C@]3(C)CCC[C@H]3[C@@H]2C1. The number of aromatic nitrogens is 1. The van der Waals surface area contributed by atoms with Gasteiger partial charge in [0.2, 0.25) is 11.8 Å². The number of likely N-dealkylation sites (tertiary alicyclic amines) is 1. The van der Waals surface area contributed by atoms with Crippen LogP contribution in [0, 0.1) is 34.5 Å². The maximum Gasteiger partial charge on any atom is 0.239 e. The highest BCUT2D eigenvalue weighted by atomic mass is 16.2. The predicted octanol–water partition coefficient (Wildman–Crippen LogP) is 5.02. The number of pyridine rings is 1. The molecule has 166 valence electrons. The summed E-state index contributed by atoms with van der Waals surface area (Å²) in [5.74, 6) is 1.08. The average Bonchev–Trinajstić information content (AvgIpc) is 3.13. The Hall–Kier alpha value is -2.17. The van der Waals surface area contributed by atoms with Gasteiger partial charge in [0.15, 0.2) is 0 Å². The number of fused-ring (bicyclic) bond motifs is 5. The van der Waals surface area contributed by atoms with Crippen molar-refractivity contribution in [3.05, 3.63) is 35.8 Å². The summed E-state index contributed by atoms with van der Waals surface area (Å²) >= 11 is 0. The molecule has 31 heavy (non-hydrogen) atoms. The standard InChI is InChI=1S/C26H35N3O2/c1-16-13-18-20-8-5-10-25(20,2)11-9-21(18)26(3)14-19(24(31)29(4)22(16)26)23(30)28-17-7-6-12-27-15-17/h6-7,12,15,18-21H,5,8-11,13-14H2,1-4H3,(H,28,30)/t18-,19?,20-,21+,25-,26+/m0/s1. The number of hydrogen-bond donors (Lipinski definition) is 1. The van der Waals surface area contributed by atoms with Crippen molar-refractivity contribution in [2.45, 2.75) is 65.7 Å². The molecule has 3 fully saturated rings. The van der Waals surface area contributed by atoms with Gasteiger partial charge in [-0.3, -0.25) is 14.6 Å². The second kappa shape index (κ2) is 7.18. The van der Waals surface area contributed by atoms with Gasteiger partial charge in [0.05, 0.1) is 11.9 Å². The molecule has 3 aliphatic carbocycles. The molecular formula is C26H35N3O2. The Morgan fingerprint density at radius 3 is 2.77 bits per heavy atom. The molecule has 1 aliphatic heterocycles. The fraction of sp³-hybridized carbons (Fsp3) is 0.654. The number of nitrogens with one attached hydrogen (secondary N) is 1. The van der Waals surface area contributed by atoms with Crippen molar-refractivity contribution in [1.82, 2.24) is 9.88 Å². The number of nitrogens with zero attached hydrogens (tertiary/aromatic N) is 2.